The molecule has 0 spiro atoms. The van der Waals surface area contributed by atoms with Gasteiger partial charge in [0.25, 0.3) is 0 Å². The Hall–Kier alpha value is -1.43. The highest BCUT2D eigenvalue weighted by molar-refractivity contribution is 5.76. The zero-order chi connectivity index (χ0) is 14.1. The van der Waals surface area contributed by atoms with Crippen molar-refractivity contribution in [3.05, 3.63) is 29.6 Å². The molecule has 1 aliphatic heterocycles. The topological polar surface area (TPSA) is 50.5 Å². The van der Waals surface area contributed by atoms with Crippen LogP contribution in [0, 0.1) is 6.92 Å². The average molecular weight is 275 g/mol. The SMILES string of the molecule is Cc1nc2cc(C(O)CN3CCOCC3)ccc2n1C. The van der Waals surface area contributed by atoms with Gasteiger partial charge in [0, 0.05) is 26.7 Å². The van der Waals surface area contributed by atoms with Crippen LogP contribution in [0.2, 0.25) is 0 Å². The lowest BCUT2D eigenvalue weighted by atomic mass is 10.1. The van der Waals surface area contributed by atoms with Crippen molar-refractivity contribution < 1.29 is 9.84 Å². The number of rotatable bonds is 3. The normalized spacial score (nSPS) is 18.6. The summed E-state index contributed by atoms with van der Waals surface area (Å²) >= 11 is 0. The second kappa shape index (κ2) is 5.52. The summed E-state index contributed by atoms with van der Waals surface area (Å²) in [6, 6.07) is 6.02. The van der Waals surface area contributed by atoms with Gasteiger partial charge in [-0.3, -0.25) is 4.90 Å². The van der Waals surface area contributed by atoms with E-state index < -0.39 is 6.10 Å². The number of aliphatic hydroxyl groups is 1. The molecule has 1 aliphatic rings. The minimum absolute atomic E-state index is 0.472. The Kier molecular flexibility index (Phi) is 3.74. The van der Waals surface area contributed by atoms with Crippen LogP contribution in [0.25, 0.3) is 11.0 Å². The Labute approximate surface area is 118 Å². The number of aromatic nitrogens is 2. The van der Waals surface area contributed by atoms with Gasteiger partial charge < -0.3 is 14.4 Å². The summed E-state index contributed by atoms with van der Waals surface area (Å²) < 4.78 is 7.39. The maximum atomic E-state index is 10.4. The van der Waals surface area contributed by atoms with Gasteiger partial charge in [-0.25, -0.2) is 4.98 Å². The molecule has 0 amide bonds. The molecule has 1 fully saturated rings. The van der Waals surface area contributed by atoms with E-state index in [1.165, 1.54) is 0 Å². The summed E-state index contributed by atoms with van der Waals surface area (Å²) in [5, 5.41) is 10.4. The first-order valence-electron chi connectivity index (χ1n) is 7.06. The molecule has 2 aromatic rings. The van der Waals surface area contributed by atoms with Crippen LogP contribution in [0.5, 0.6) is 0 Å². The quantitative estimate of drug-likeness (QED) is 0.916. The Morgan fingerprint density at radius 1 is 1.35 bits per heavy atom. The first-order valence-corrected chi connectivity index (χ1v) is 7.06. The van der Waals surface area contributed by atoms with E-state index in [1.807, 2.05) is 32.2 Å². The molecular weight excluding hydrogens is 254 g/mol. The van der Waals surface area contributed by atoms with Gasteiger partial charge in [-0.1, -0.05) is 6.07 Å². The Bertz CT molecular complexity index is 602. The predicted molar refractivity (Wildman–Crippen MR) is 77.7 cm³/mol. The highest BCUT2D eigenvalue weighted by Gasteiger charge is 2.17. The number of hydrogen-bond acceptors (Lipinski definition) is 4. The highest BCUT2D eigenvalue weighted by Crippen LogP contribution is 2.21. The molecule has 3 rings (SSSR count). The van der Waals surface area contributed by atoms with Crippen molar-refractivity contribution in [1.82, 2.24) is 14.5 Å². The third kappa shape index (κ3) is 2.57. The minimum atomic E-state index is -0.472. The molecule has 1 N–H and O–H groups in total. The molecule has 20 heavy (non-hydrogen) atoms. The maximum absolute atomic E-state index is 10.4. The number of morpholine rings is 1. The molecule has 0 saturated carbocycles. The number of aliphatic hydroxyl groups excluding tert-OH is 1. The fourth-order valence-corrected chi connectivity index (χ4v) is 2.68. The zero-order valence-electron chi connectivity index (χ0n) is 12.0. The van der Waals surface area contributed by atoms with Gasteiger partial charge in [-0.15, -0.1) is 0 Å². The van der Waals surface area contributed by atoms with Gasteiger partial charge in [0.2, 0.25) is 0 Å². The molecule has 5 nitrogen and oxygen atoms in total. The molecule has 0 bridgehead atoms. The first kappa shape index (κ1) is 13.5. The number of β-amino-alcohol motifs (C(OH)–C–C–N with tert-alkyl or cyclic N) is 1. The van der Waals surface area contributed by atoms with Gasteiger partial charge in [0.05, 0.1) is 30.4 Å². The number of hydrogen-bond donors (Lipinski definition) is 1. The van der Waals surface area contributed by atoms with E-state index in [0.717, 1.165) is 48.7 Å². The smallest absolute Gasteiger partial charge is 0.106 e. The molecule has 1 aromatic heterocycles. The lowest BCUT2D eigenvalue weighted by Gasteiger charge is -2.28. The van der Waals surface area contributed by atoms with Crippen molar-refractivity contribution in [2.75, 3.05) is 32.8 Å². The second-order valence-corrected chi connectivity index (χ2v) is 5.39. The van der Waals surface area contributed by atoms with Crippen molar-refractivity contribution in [3.8, 4) is 0 Å². The summed E-state index contributed by atoms with van der Waals surface area (Å²) in [5.74, 6) is 0.986. The Morgan fingerprint density at radius 2 is 2.10 bits per heavy atom. The van der Waals surface area contributed by atoms with Crippen LogP contribution >= 0.6 is 0 Å². The molecule has 1 atom stereocenters. The van der Waals surface area contributed by atoms with Gasteiger partial charge in [0.1, 0.15) is 5.82 Å². The van der Waals surface area contributed by atoms with E-state index >= 15 is 0 Å². The number of nitrogens with zero attached hydrogens (tertiary/aromatic N) is 3. The van der Waals surface area contributed by atoms with Crippen molar-refractivity contribution >= 4 is 11.0 Å². The van der Waals surface area contributed by atoms with E-state index in [-0.39, 0.29) is 0 Å². The van der Waals surface area contributed by atoms with E-state index in [9.17, 15) is 5.11 Å². The lowest BCUT2D eigenvalue weighted by molar-refractivity contribution is 0.0143. The van der Waals surface area contributed by atoms with Crippen molar-refractivity contribution in [1.29, 1.82) is 0 Å². The molecule has 1 aromatic carbocycles. The third-order valence-electron chi connectivity index (χ3n) is 4.05. The van der Waals surface area contributed by atoms with Crippen LogP contribution in [0.4, 0.5) is 0 Å². The molecule has 1 unspecified atom stereocenters. The Morgan fingerprint density at radius 3 is 2.85 bits per heavy atom. The van der Waals surface area contributed by atoms with Crippen LogP contribution in [0.3, 0.4) is 0 Å². The van der Waals surface area contributed by atoms with Gasteiger partial charge >= 0.3 is 0 Å². The Balaban J connectivity index is 1.78. The monoisotopic (exact) mass is 275 g/mol. The number of aryl methyl sites for hydroxylation is 2. The average Bonchev–Trinajstić information content (AvgIpc) is 2.74. The van der Waals surface area contributed by atoms with Crippen LogP contribution in [-0.2, 0) is 11.8 Å². The van der Waals surface area contributed by atoms with Gasteiger partial charge in [-0.2, -0.15) is 0 Å². The third-order valence-corrected chi connectivity index (χ3v) is 4.05. The van der Waals surface area contributed by atoms with Crippen molar-refractivity contribution in [2.24, 2.45) is 7.05 Å². The molecule has 0 aliphatic carbocycles. The molecule has 5 heteroatoms. The number of benzene rings is 1. The van der Waals surface area contributed by atoms with E-state index in [1.54, 1.807) is 0 Å². The van der Waals surface area contributed by atoms with Gasteiger partial charge in [0.15, 0.2) is 0 Å². The first-order chi connectivity index (χ1) is 9.65. The van der Waals surface area contributed by atoms with Crippen LogP contribution in [0.1, 0.15) is 17.5 Å². The number of fused-ring (bicyclic) bond motifs is 1. The summed E-state index contributed by atoms with van der Waals surface area (Å²) in [4.78, 5) is 6.76. The maximum Gasteiger partial charge on any atom is 0.106 e. The molecule has 2 heterocycles. The van der Waals surface area contributed by atoms with E-state index in [4.69, 9.17) is 4.74 Å². The van der Waals surface area contributed by atoms with Crippen LogP contribution in [-0.4, -0.2) is 52.4 Å². The summed E-state index contributed by atoms with van der Waals surface area (Å²) in [6.07, 6.45) is -0.472. The largest absolute Gasteiger partial charge is 0.387 e. The molecule has 1 saturated heterocycles. The minimum Gasteiger partial charge on any atom is -0.387 e. The van der Waals surface area contributed by atoms with Crippen LogP contribution in [0.15, 0.2) is 18.2 Å². The highest BCUT2D eigenvalue weighted by atomic mass is 16.5. The van der Waals surface area contributed by atoms with Gasteiger partial charge in [-0.05, 0) is 24.6 Å². The van der Waals surface area contributed by atoms with E-state index in [2.05, 4.69) is 14.5 Å². The lowest BCUT2D eigenvalue weighted by Crippen LogP contribution is -2.38. The molecule has 0 radical (unpaired) electrons. The number of imidazole rings is 1. The number of ether oxygens (including phenoxy) is 1. The zero-order valence-corrected chi connectivity index (χ0v) is 12.0. The fourth-order valence-electron chi connectivity index (χ4n) is 2.68. The summed E-state index contributed by atoms with van der Waals surface area (Å²) in [6.45, 7) is 5.94. The standard InChI is InChI=1S/C15H21N3O2/c1-11-16-13-9-12(3-4-14(13)17(11)2)15(19)10-18-5-7-20-8-6-18/h3-4,9,15,19H,5-8,10H2,1-2H3. The molecular formula is C15H21N3O2. The molecule has 108 valence electrons. The van der Waals surface area contributed by atoms with Crippen LogP contribution < -0.4 is 0 Å². The van der Waals surface area contributed by atoms with Crippen molar-refractivity contribution in [3.63, 3.8) is 0 Å². The summed E-state index contributed by atoms with van der Waals surface area (Å²) in [5.41, 5.74) is 2.98. The van der Waals surface area contributed by atoms with Crippen molar-refractivity contribution in [2.45, 2.75) is 13.0 Å². The fraction of sp³-hybridized carbons (Fsp3) is 0.533. The predicted octanol–water partition coefficient (Wildman–Crippen LogP) is 1.25. The van der Waals surface area contributed by atoms with E-state index in [0.29, 0.717) is 6.54 Å². The summed E-state index contributed by atoms with van der Waals surface area (Å²) in [7, 11) is 2.01. The second-order valence-electron chi connectivity index (χ2n) is 5.39.